The van der Waals surface area contributed by atoms with Crippen molar-refractivity contribution >= 4 is 45.8 Å². The van der Waals surface area contributed by atoms with Gasteiger partial charge >= 0.3 is 0 Å². The molecule has 1 aliphatic heterocycles. The van der Waals surface area contributed by atoms with Crippen molar-refractivity contribution in [3.8, 4) is 5.75 Å². The van der Waals surface area contributed by atoms with Crippen LogP contribution in [-0.2, 0) is 0 Å². The van der Waals surface area contributed by atoms with Gasteiger partial charge in [0.05, 0.1) is 24.0 Å². The third kappa shape index (κ3) is 4.31. The molecule has 0 amide bonds. The normalized spacial score (nSPS) is 13.9. The number of aromatic nitrogens is 4. The van der Waals surface area contributed by atoms with Crippen LogP contribution in [0.3, 0.4) is 0 Å². The third-order valence-corrected chi connectivity index (χ3v) is 5.83. The fourth-order valence-electron chi connectivity index (χ4n) is 3.84. The van der Waals surface area contributed by atoms with Gasteiger partial charge in [0.1, 0.15) is 28.9 Å². The zero-order valence-corrected chi connectivity index (χ0v) is 18.6. The maximum atomic E-state index is 13.5. The van der Waals surface area contributed by atoms with Crippen LogP contribution in [0.1, 0.15) is 0 Å². The Bertz CT molecular complexity index is 1300. The molecule has 2 aromatic heterocycles. The first kappa shape index (κ1) is 21.1. The van der Waals surface area contributed by atoms with Crippen LogP contribution in [0.5, 0.6) is 5.75 Å². The van der Waals surface area contributed by atoms with Crippen LogP contribution in [0.4, 0.5) is 27.5 Å². The largest absolute Gasteiger partial charge is 0.495 e. The van der Waals surface area contributed by atoms with Crippen LogP contribution < -0.4 is 19.9 Å². The second-order valence-electron chi connectivity index (χ2n) is 7.53. The maximum Gasteiger partial charge on any atom is 0.226 e. The minimum atomic E-state index is -0.480. The molecule has 4 aromatic rings. The van der Waals surface area contributed by atoms with Gasteiger partial charge in [-0.2, -0.15) is 0 Å². The molecule has 10 heteroatoms. The predicted molar refractivity (Wildman–Crippen MR) is 127 cm³/mol. The summed E-state index contributed by atoms with van der Waals surface area (Å²) < 4.78 is 19.0. The monoisotopic (exact) mass is 465 g/mol. The lowest BCUT2D eigenvalue weighted by molar-refractivity contribution is 0.413. The number of methoxy groups -OCH3 is 1. The molecule has 33 heavy (non-hydrogen) atoms. The fraction of sp³-hybridized carbons (Fsp3) is 0.217. The number of nitrogens with zero attached hydrogens (tertiary/aromatic N) is 6. The Kier molecular flexibility index (Phi) is 5.78. The summed E-state index contributed by atoms with van der Waals surface area (Å²) >= 11 is 5.91. The van der Waals surface area contributed by atoms with Gasteiger partial charge in [-0.1, -0.05) is 23.7 Å². The Labute approximate surface area is 195 Å². The molecule has 2 aromatic carbocycles. The van der Waals surface area contributed by atoms with Gasteiger partial charge in [-0.25, -0.2) is 24.3 Å². The van der Waals surface area contributed by atoms with E-state index in [9.17, 15) is 4.39 Å². The summed E-state index contributed by atoms with van der Waals surface area (Å²) in [5.41, 5.74) is 2.87. The number of benzene rings is 2. The highest BCUT2D eigenvalue weighted by molar-refractivity contribution is 6.31. The first-order valence-electron chi connectivity index (χ1n) is 10.4. The van der Waals surface area contributed by atoms with Crippen molar-refractivity contribution in [3.05, 3.63) is 65.8 Å². The molecule has 1 saturated heterocycles. The number of hydrogen-bond donors (Lipinski definition) is 1. The third-order valence-electron chi connectivity index (χ3n) is 5.54. The van der Waals surface area contributed by atoms with Crippen LogP contribution in [0.15, 0.2) is 55.0 Å². The number of halogens is 2. The molecular weight excluding hydrogens is 445 g/mol. The number of hydrogen-bond acceptors (Lipinski definition) is 8. The average molecular weight is 466 g/mol. The van der Waals surface area contributed by atoms with Gasteiger partial charge < -0.3 is 19.9 Å². The quantitative estimate of drug-likeness (QED) is 0.467. The molecule has 1 fully saturated rings. The number of para-hydroxylation sites is 2. The number of anilines is 4. The Balaban J connectivity index is 1.37. The minimum Gasteiger partial charge on any atom is -0.495 e. The van der Waals surface area contributed by atoms with Gasteiger partial charge in [0, 0.05) is 31.9 Å². The molecule has 0 saturated carbocycles. The average Bonchev–Trinajstić information content (AvgIpc) is 2.86. The maximum absolute atomic E-state index is 13.5. The zero-order valence-electron chi connectivity index (χ0n) is 17.9. The van der Waals surface area contributed by atoms with Gasteiger partial charge in [0.15, 0.2) is 5.82 Å². The SMILES string of the molecule is COc1ccccc1N1CCN(c2ncc3ncnc(Nc4ccc(F)c(Cl)c4)c3n2)CC1. The van der Waals surface area contributed by atoms with Gasteiger partial charge in [-0.3, -0.25) is 0 Å². The Hall–Kier alpha value is -3.72. The van der Waals surface area contributed by atoms with Gasteiger partial charge in [0.25, 0.3) is 0 Å². The highest BCUT2D eigenvalue weighted by Gasteiger charge is 2.22. The van der Waals surface area contributed by atoms with E-state index in [1.807, 2.05) is 18.2 Å². The van der Waals surface area contributed by atoms with E-state index < -0.39 is 5.82 Å². The molecule has 0 unspecified atom stereocenters. The Morgan fingerprint density at radius 3 is 2.58 bits per heavy atom. The number of nitrogens with one attached hydrogen (secondary N) is 1. The van der Waals surface area contributed by atoms with Gasteiger partial charge in [-0.05, 0) is 30.3 Å². The molecular formula is C23H21ClFN7O. The smallest absolute Gasteiger partial charge is 0.226 e. The summed E-state index contributed by atoms with van der Waals surface area (Å²) in [7, 11) is 1.69. The molecule has 0 bridgehead atoms. The van der Waals surface area contributed by atoms with Crippen molar-refractivity contribution in [2.75, 3.05) is 48.4 Å². The highest BCUT2D eigenvalue weighted by atomic mass is 35.5. The molecule has 0 radical (unpaired) electrons. The van der Waals surface area contributed by atoms with Crippen LogP contribution in [0, 0.1) is 5.82 Å². The lowest BCUT2D eigenvalue weighted by Gasteiger charge is -2.36. The lowest BCUT2D eigenvalue weighted by Crippen LogP contribution is -2.47. The van der Waals surface area contributed by atoms with Crippen molar-refractivity contribution in [1.82, 2.24) is 19.9 Å². The van der Waals surface area contributed by atoms with Crippen LogP contribution >= 0.6 is 11.6 Å². The van der Waals surface area contributed by atoms with E-state index in [-0.39, 0.29) is 5.02 Å². The van der Waals surface area contributed by atoms with Crippen LogP contribution in [0.2, 0.25) is 5.02 Å². The first-order valence-corrected chi connectivity index (χ1v) is 10.8. The van der Waals surface area contributed by atoms with E-state index in [0.29, 0.717) is 28.5 Å². The number of fused-ring (bicyclic) bond motifs is 1. The predicted octanol–water partition coefficient (Wildman–Crippen LogP) is 4.29. The Morgan fingerprint density at radius 2 is 1.79 bits per heavy atom. The molecule has 8 nitrogen and oxygen atoms in total. The summed E-state index contributed by atoms with van der Waals surface area (Å²) in [5, 5.41) is 3.18. The topological polar surface area (TPSA) is 79.3 Å². The van der Waals surface area contributed by atoms with E-state index in [4.69, 9.17) is 21.3 Å². The standard InChI is InChI=1S/C23H21ClFN7O/c1-33-20-5-3-2-4-19(20)31-8-10-32(11-9-31)23-26-13-18-21(30-23)22(28-14-27-18)29-15-6-7-17(25)16(24)12-15/h2-7,12-14H,8-11H2,1H3,(H,27,28,29). The zero-order chi connectivity index (χ0) is 22.8. The van der Waals surface area contributed by atoms with Crippen molar-refractivity contribution in [1.29, 1.82) is 0 Å². The van der Waals surface area contributed by atoms with Crippen LogP contribution in [-0.4, -0.2) is 53.2 Å². The van der Waals surface area contributed by atoms with Crippen molar-refractivity contribution in [2.24, 2.45) is 0 Å². The van der Waals surface area contributed by atoms with Gasteiger partial charge in [-0.15, -0.1) is 0 Å². The van der Waals surface area contributed by atoms with E-state index in [1.165, 1.54) is 18.5 Å². The molecule has 0 atom stereocenters. The second-order valence-corrected chi connectivity index (χ2v) is 7.93. The summed E-state index contributed by atoms with van der Waals surface area (Å²) in [6, 6.07) is 12.4. The molecule has 0 aliphatic carbocycles. The molecule has 1 N–H and O–H groups in total. The van der Waals surface area contributed by atoms with E-state index in [1.54, 1.807) is 19.4 Å². The van der Waals surface area contributed by atoms with Crippen molar-refractivity contribution in [3.63, 3.8) is 0 Å². The Morgan fingerprint density at radius 1 is 1.00 bits per heavy atom. The summed E-state index contributed by atoms with van der Waals surface area (Å²) in [5.74, 6) is 1.49. The van der Waals surface area contributed by atoms with E-state index in [2.05, 4.69) is 36.1 Å². The van der Waals surface area contributed by atoms with Crippen LogP contribution in [0.25, 0.3) is 11.0 Å². The number of ether oxygens (including phenoxy) is 1. The molecule has 168 valence electrons. The molecule has 3 heterocycles. The molecule has 0 spiro atoms. The van der Waals surface area contributed by atoms with Gasteiger partial charge in [0.2, 0.25) is 5.95 Å². The van der Waals surface area contributed by atoms with E-state index in [0.717, 1.165) is 37.6 Å². The number of piperazine rings is 1. The molecule has 5 rings (SSSR count). The van der Waals surface area contributed by atoms with E-state index >= 15 is 0 Å². The van der Waals surface area contributed by atoms with Crippen molar-refractivity contribution < 1.29 is 9.13 Å². The van der Waals surface area contributed by atoms with Crippen molar-refractivity contribution in [2.45, 2.75) is 0 Å². The number of rotatable bonds is 5. The fourth-order valence-corrected chi connectivity index (χ4v) is 4.02. The highest BCUT2D eigenvalue weighted by Crippen LogP contribution is 2.29. The second kappa shape index (κ2) is 9.03. The molecule has 1 aliphatic rings. The summed E-state index contributed by atoms with van der Waals surface area (Å²) in [6.07, 6.45) is 3.12. The lowest BCUT2D eigenvalue weighted by atomic mass is 10.2. The summed E-state index contributed by atoms with van der Waals surface area (Å²) in [4.78, 5) is 22.3. The summed E-state index contributed by atoms with van der Waals surface area (Å²) in [6.45, 7) is 3.14. The first-order chi connectivity index (χ1) is 16.1. The minimum absolute atomic E-state index is 0.0293.